The molecule has 0 bridgehead atoms. The molecule has 2 heterocycles. The highest BCUT2D eigenvalue weighted by atomic mass is 16.2. The number of likely N-dealkylation sites (tertiary alicyclic amines) is 1. The van der Waals surface area contributed by atoms with Crippen molar-refractivity contribution in [2.45, 2.75) is 19.8 Å². The number of carbonyl (C=O) groups is 1. The number of anilines is 2. The molecule has 0 unspecified atom stereocenters. The van der Waals surface area contributed by atoms with E-state index in [0.717, 1.165) is 25.9 Å². The fourth-order valence-corrected chi connectivity index (χ4v) is 2.00. The Morgan fingerprint density at radius 2 is 2.18 bits per heavy atom. The maximum absolute atomic E-state index is 12.0. The summed E-state index contributed by atoms with van der Waals surface area (Å²) in [5, 5.41) is 6.79. The average Bonchev–Trinajstić information content (AvgIpc) is 2.61. The summed E-state index contributed by atoms with van der Waals surface area (Å²) in [6, 6.07) is -0.0906. The summed E-state index contributed by atoms with van der Waals surface area (Å²) >= 11 is 0. The first-order valence-corrected chi connectivity index (χ1v) is 5.91. The average molecular weight is 237 g/mol. The minimum absolute atomic E-state index is 0.0906. The van der Waals surface area contributed by atoms with E-state index in [1.54, 1.807) is 11.7 Å². The predicted octanol–water partition coefficient (Wildman–Crippen LogP) is 1.27. The van der Waals surface area contributed by atoms with Crippen LogP contribution in [0.5, 0.6) is 0 Å². The molecule has 1 aliphatic heterocycles. The molecule has 0 atom stereocenters. The lowest BCUT2D eigenvalue weighted by atomic mass is 10.00. The van der Waals surface area contributed by atoms with Crippen LogP contribution in [-0.2, 0) is 7.05 Å². The first-order chi connectivity index (χ1) is 8.08. The van der Waals surface area contributed by atoms with Crippen LogP contribution < -0.4 is 11.1 Å². The molecule has 94 valence electrons. The van der Waals surface area contributed by atoms with Crippen LogP contribution in [0.15, 0.2) is 6.20 Å². The molecule has 0 aromatic carbocycles. The summed E-state index contributed by atoms with van der Waals surface area (Å²) in [7, 11) is 1.75. The Hall–Kier alpha value is -1.72. The fraction of sp³-hybridized carbons (Fsp3) is 0.636. The van der Waals surface area contributed by atoms with Crippen molar-refractivity contribution in [2.75, 3.05) is 24.1 Å². The Kier molecular flexibility index (Phi) is 3.21. The molecule has 2 rings (SSSR count). The number of nitrogens with zero attached hydrogens (tertiary/aromatic N) is 3. The SMILES string of the molecule is CC1CCN(C(=O)Nc2c(N)cnn2C)CC1. The number of nitrogens with one attached hydrogen (secondary N) is 1. The van der Waals surface area contributed by atoms with Crippen molar-refractivity contribution in [3.05, 3.63) is 6.20 Å². The molecule has 1 saturated heterocycles. The number of nitrogens with two attached hydrogens (primary N) is 1. The third kappa shape index (κ3) is 2.51. The van der Waals surface area contributed by atoms with Crippen molar-refractivity contribution in [2.24, 2.45) is 13.0 Å². The summed E-state index contributed by atoms with van der Waals surface area (Å²) in [6.07, 6.45) is 3.66. The quantitative estimate of drug-likeness (QED) is 0.772. The van der Waals surface area contributed by atoms with E-state index in [1.165, 1.54) is 6.20 Å². The summed E-state index contributed by atoms with van der Waals surface area (Å²) in [5.41, 5.74) is 6.22. The highest BCUT2D eigenvalue weighted by molar-refractivity contribution is 5.91. The summed E-state index contributed by atoms with van der Waals surface area (Å²) in [5.74, 6) is 1.27. The smallest absolute Gasteiger partial charge is 0.323 e. The van der Waals surface area contributed by atoms with E-state index < -0.39 is 0 Å². The third-order valence-electron chi connectivity index (χ3n) is 3.26. The molecule has 1 aromatic rings. The van der Waals surface area contributed by atoms with Crippen molar-refractivity contribution in [1.82, 2.24) is 14.7 Å². The van der Waals surface area contributed by atoms with E-state index in [-0.39, 0.29) is 6.03 Å². The van der Waals surface area contributed by atoms with E-state index in [2.05, 4.69) is 17.3 Å². The molecule has 0 radical (unpaired) electrons. The Morgan fingerprint density at radius 3 is 2.71 bits per heavy atom. The number of aryl methyl sites for hydroxylation is 1. The van der Waals surface area contributed by atoms with E-state index in [9.17, 15) is 4.79 Å². The van der Waals surface area contributed by atoms with Crippen molar-refractivity contribution < 1.29 is 4.79 Å². The normalized spacial score (nSPS) is 17.2. The Bertz CT molecular complexity index is 386. The molecule has 1 aromatic heterocycles. The highest BCUT2D eigenvalue weighted by Crippen LogP contribution is 2.19. The Balaban J connectivity index is 1.98. The summed E-state index contributed by atoms with van der Waals surface area (Å²) in [6.45, 7) is 3.84. The number of aromatic nitrogens is 2. The lowest BCUT2D eigenvalue weighted by Gasteiger charge is -2.30. The zero-order valence-corrected chi connectivity index (χ0v) is 10.3. The van der Waals surface area contributed by atoms with Gasteiger partial charge in [0.15, 0.2) is 5.82 Å². The second kappa shape index (κ2) is 4.65. The van der Waals surface area contributed by atoms with Gasteiger partial charge in [-0.15, -0.1) is 0 Å². The van der Waals surface area contributed by atoms with E-state index in [1.807, 2.05) is 4.90 Å². The second-order valence-electron chi connectivity index (χ2n) is 4.67. The number of hydrogen-bond acceptors (Lipinski definition) is 3. The molecule has 0 saturated carbocycles. The van der Waals surface area contributed by atoms with Gasteiger partial charge in [-0.1, -0.05) is 6.92 Å². The largest absolute Gasteiger partial charge is 0.394 e. The van der Waals surface area contributed by atoms with Gasteiger partial charge in [0.2, 0.25) is 0 Å². The van der Waals surface area contributed by atoms with Gasteiger partial charge in [0.25, 0.3) is 0 Å². The van der Waals surface area contributed by atoms with Crippen molar-refractivity contribution in [3.63, 3.8) is 0 Å². The van der Waals surface area contributed by atoms with Gasteiger partial charge < -0.3 is 10.6 Å². The van der Waals surface area contributed by atoms with Gasteiger partial charge in [-0.05, 0) is 18.8 Å². The zero-order chi connectivity index (χ0) is 12.4. The molecule has 2 amide bonds. The topological polar surface area (TPSA) is 76.2 Å². The molecule has 0 aliphatic carbocycles. The van der Waals surface area contributed by atoms with Crippen LogP contribution in [0, 0.1) is 5.92 Å². The first-order valence-electron chi connectivity index (χ1n) is 5.91. The van der Waals surface area contributed by atoms with Gasteiger partial charge in [-0.2, -0.15) is 5.10 Å². The van der Waals surface area contributed by atoms with Crippen LogP contribution in [0.1, 0.15) is 19.8 Å². The van der Waals surface area contributed by atoms with Gasteiger partial charge in [0.1, 0.15) is 0 Å². The number of rotatable bonds is 1. The molecule has 6 nitrogen and oxygen atoms in total. The zero-order valence-electron chi connectivity index (χ0n) is 10.3. The lowest BCUT2D eigenvalue weighted by Crippen LogP contribution is -2.41. The minimum atomic E-state index is -0.0906. The second-order valence-corrected chi connectivity index (χ2v) is 4.67. The monoisotopic (exact) mass is 237 g/mol. The molecule has 17 heavy (non-hydrogen) atoms. The molecule has 0 spiro atoms. The van der Waals surface area contributed by atoms with Crippen molar-refractivity contribution in [1.29, 1.82) is 0 Å². The van der Waals surface area contributed by atoms with Crippen molar-refractivity contribution >= 4 is 17.5 Å². The van der Waals surface area contributed by atoms with Gasteiger partial charge in [0.05, 0.1) is 11.9 Å². The van der Waals surface area contributed by atoms with Gasteiger partial charge in [-0.25, -0.2) is 4.79 Å². The van der Waals surface area contributed by atoms with Gasteiger partial charge in [-0.3, -0.25) is 10.00 Å². The minimum Gasteiger partial charge on any atom is -0.394 e. The maximum Gasteiger partial charge on any atom is 0.323 e. The van der Waals surface area contributed by atoms with Crippen LogP contribution in [0.25, 0.3) is 0 Å². The molecule has 1 aliphatic rings. The molecule has 3 N–H and O–H groups in total. The van der Waals surface area contributed by atoms with Gasteiger partial charge >= 0.3 is 6.03 Å². The van der Waals surface area contributed by atoms with E-state index in [4.69, 9.17) is 5.73 Å². The highest BCUT2D eigenvalue weighted by Gasteiger charge is 2.21. The fourth-order valence-electron chi connectivity index (χ4n) is 2.00. The number of piperidine rings is 1. The summed E-state index contributed by atoms with van der Waals surface area (Å²) < 4.78 is 1.57. The van der Waals surface area contributed by atoms with Crippen molar-refractivity contribution in [3.8, 4) is 0 Å². The van der Waals surface area contributed by atoms with Crippen LogP contribution in [-0.4, -0.2) is 33.8 Å². The number of hydrogen-bond donors (Lipinski definition) is 2. The summed E-state index contributed by atoms with van der Waals surface area (Å²) in [4.78, 5) is 13.8. The van der Waals surface area contributed by atoms with Crippen LogP contribution >= 0.6 is 0 Å². The first kappa shape index (κ1) is 11.8. The third-order valence-corrected chi connectivity index (χ3v) is 3.26. The Morgan fingerprint density at radius 1 is 1.53 bits per heavy atom. The van der Waals surface area contributed by atoms with Crippen LogP contribution in [0.4, 0.5) is 16.3 Å². The maximum atomic E-state index is 12.0. The predicted molar refractivity (Wildman–Crippen MR) is 66.6 cm³/mol. The number of carbonyl (C=O) groups excluding carboxylic acids is 1. The number of urea groups is 1. The standard InChI is InChI=1S/C11H19N5O/c1-8-3-5-16(6-4-8)11(17)14-10-9(12)7-13-15(10)2/h7-8H,3-6,12H2,1-2H3,(H,14,17). The molecular weight excluding hydrogens is 218 g/mol. The lowest BCUT2D eigenvalue weighted by molar-refractivity contribution is 0.186. The Labute approximate surface area is 101 Å². The number of amides is 2. The molecule has 1 fully saturated rings. The van der Waals surface area contributed by atoms with Gasteiger partial charge in [0, 0.05) is 20.1 Å². The molecular formula is C11H19N5O. The van der Waals surface area contributed by atoms with Crippen LogP contribution in [0.2, 0.25) is 0 Å². The van der Waals surface area contributed by atoms with E-state index in [0.29, 0.717) is 17.4 Å². The van der Waals surface area contributed by atoms with Crippen LogP contribution in [0.3, 0.4) is 0 Å². The van der Waals surface area contributed by atoms with E-state index >= 15 is 0 Å². The number of nitrogen functional groups attached to an aromatic ring is 1. The molecule has 6 heteroatoms.